The molecule has 6 nitrogen and oxygen atoms in total. The van der Waals surface area contributed by atoms with Crippen molar-refractivity contribution < 1.29 is 43.8 Å². The van der Waals surface area contributed by atoms with E-state index < -0.39 is 11.9 Å². The first-order valence-corrected chi connectivity index (χ1v) is 3.17. The summed E-state index contributed by atoms with van der Waals surface area (Å²) in [6, 6.07) is 0. The van der Waals surface area contributed by atoms with Crippen molar-refractivity contribution >= 4 is 11.9 Å². The molecule has 0 aromatic heterocycles. The average molecular weight is 216 g/mol. The van der Waals surface area contributed by atoms with E-state index in [9.17, 15) is 9.59 Å². The third-order valence-corrected chi connectivity index (χ3v) is 0.553. The number of carboxylic acid groups (broad SMARTS) is 2. The van der Waals surface area contributed by atoms with Gasteiger partial charge in [0, 0.05) is 0 Å². The van der Waals surface area contributed by atoms with E-state index in [0.717, 1.165) is 0 Å². The summed E-state index contributed by atoms with van der Waals surface area (Å²) < 4.78 is 14.1. The third kappa shape index (κ3) is 26.6. The van der Waals surface area contributed by atoms with Crippen molar-refractivity contribution in [3.8, 4) is 0 Å². The second-order valence-corrected chi connectivity index (χ2v) is 1.54. The summed E-state index contributed by atoms with van der Waals surface area (Å²) in [4.78, 5) is 19.3. The molecule has 71 valence electrons. The van der Waals surface area contributed by atoms with Crippen LogP contribution in [0.25, 0.3) is 0 Å². The van der Waals surface area contributed by atoms with Crippen molar-refractivity contribution in [1.82, 2.24) is 0 Å². The van der Waals surface area contributed by atoms with Crippen LogP contribution in [0.4, 0.5) is 0 Å². The molecular formula is C4H8CuO6. The van der Waals surface area contributed by atoms with Gasteiger partial charge in [0.2, 0.25) is 0 Å². The van der Waals surface area contributed by atoms with Gasteiger partial charge in [-0.3, -0.25) is 9.59 Å². The number of carboxylic acids is 2. The van der Waals surface area contributed by atoms with Crippen LogP contribution in [-0.4, -0.2) is 30.5 Å². The molecule has 0 heterocycles. The quantitative estimate of drug-likeness (QED) is 0.441. The molecule has 0 aliphatic rings. The molecular weight excluding hydrogens is 208 g/mol. The Hall–Kier alpha value is -0.621. The van der Waals surface area contributed by atoms with E-state index >= 15 is 0 Å². The van der Waals surface area contributed by atoms with Crippen molar-refractivity contribution in [2.75, 3.05) is 0 Å². The van der Waals surface area contributed by atoms with Crippen LogP contribution in [0.2, 0.25) is 0 Å². The van der Waals surface area contributed by atoms with Crippen LogP contribution in [0.1, 0.15) is 12.8 Å². The number of hydrogen-bond donors (Lipinski definition) is 4. The molecule has 0 aliphatic carbocycles. The van der Waals surface area contributed by atoms with Gasteiger partial charge < -0.3 is 10.2 Å². The Bertz CT molecular complexity index is 110. The van der Waals surface area contributed by atoms with Crippen LogP contribution in [0, 0.1) is 0 Å². The summed E-state index contributed by atoms with van der Waals surface area (Å²) in [5.41, 5.74) is 0. The maximum absolute atomic E-state index is 9.64. The molecule has 0 aromatic carbocycles. The molecule has 0 aromatic rings. The fourth-order valence-corrected chi connectivity index (χ4v) is 0.214. The first-order valence-electron chi connectivity index (χ1n) is 2.33. The van der Waals surface area contributed by atoms with Gasteiger partial charge in [-0.15, -0.1) is 0 Å². The normalized spacial score (nSPS) is 8.18. The Morgan fingerprint density at radius 2 is 1.18 bits per heavy atom. The van der Waals surface area contributed by atoms with E-state index in [-0.39, 0.29) is 28.5 Å². The zero-order valence-corrected chi connectivity index (χ0v) is 6.26. The molecule has 7 heteroatoms. The number of rotatable bonds is 3. The summed E-state index contributed by atoms with van der Waals surface area (Å²) in [5, 5.41) is 15.8. The molecule has 0 saturated carbocycles. The Morgan fingerprint density at radius 1 is 1.00 bits per heavy atom. The molecule has 11 heavy (non-hydrogen) atoms. The van der Waals surface area contributed by atoms with Crippen molar-refractivity contribution in [2.24, 2.45) is 0 Å². The first-order chi connectivity index (χ1) is 5.04. The number of aliphatic carboxylic acids is 2. The average Bonchev–Trinajstić information content (AvgIpc) is 1.85. The van der Waals surface area contributed by atoms with Crippen LogP contribution < -0.4 is 0 Å². The second kappa shape index (κ2) is 9.38. The molecule has 0 bridgehead atoms. The first kappa shape index (κ1) is 13.0. The molecule has 0 spiro atoms. The summed E-state index contributed by atoms with van der Waals surface area (Å²) >= 11 is -0.188. The van der Waals surface area contributed by atoms with Crippen LogP contribution in [-0.2, 0) is 25.2 Å². The predicted molar refractivity (Wildman–Crippen MR) is 28.9 cm³/mol. The van der Waals surface area contributed by atoms with Crippen molar-refractivity contribution in [3.63, 3.8) is 0 Å². The van der Waals surface area contributed by atoms with Crippen LogP contribution in [0.5, 0.6) is 0 Å². The molecule has 4 N–H and O–H groups in total. The third-order valence-electron chi connectivity index (χ3n) is 0.553. The van der Waals surface area contributed by atoms with Gasteiger partial charge in [0.15, 0.2) is 0 Å². The van der Waals surface area contributed by atoms with Gasteiger partial charge in [0.25, 0.3) is 0 Å². The standard InChI is InChI=1S/C4H6O4.Cu.2H2O/c5-3(6)1-2-4(7)8;;;/h1-2H2,(H,5,6)(H,7,8);;2*1H2/q;+2;;/p-2. The van der Waals surface area contributed by atoms with Crippen LogP contribution in [0.3, 0.4) is 0 Å². The van der Waals surface area contributed by atoms with Gasteiger partial charge in [-0.1, -0.05) is 0 Å². The molecule has 0 unspecified atom stereocenters. The van der Waals surface area contributed by atoms with Crippen LogP contribution >= 0.6 is 0 Å². The van der Waals surface area contributed by atoms with Gasteiger partial charge in [-0.25, -0.2) is 0 Å². The van der Waals surface area contributed by atoms with Crippen molar-refractivity contribution in [2.45, 2.75) is 12.8 Å². The zero-order chi connectivity index (χ0) is 9.28. The zero-order valence-electron chi connectivity index (χ0n) is 5.32. The summed E-state index contributed by atoms with van der Waals surface area (Å²) in [6.45, 7) is 0. The Morgan fingerprint density at radius 3 is 1.27 bits per heavy atom. The summed E-state index contributed by atoms with van der Waals surface area (Å²) in [7, 11) is 0. The van der Waals surface area contributed by atoms with E-state index in [1.54, 1.807) is 0 Å². The fourth-order valence-electron chi connectivity index (χ4n) is 0.214. The number of carbonyl (C=O) groups is 2. The molecule has 0 atom stereocenters. The van der Waals surface area contributed by atoms with Crippen molar-refractivity contribution in [3.05, 3.63) is 0 Å². The van der Waals surface area contributed by atoms with E-state index in [0.29, 0.717) is 0 Å². The Labute approximate surface area is 69.3 Å². The molecule has 0 radical (unpaired) electrons. The van der Waals surface area contributed by atoms with Gasteiger partial charge in [0.05, 0.1) is 12.8 Å². The van der Waals surface area contributed by atoms with Gasteiger partial charge >= 0.3 is 35.9 Å². The topological polar surface area (TPSA) is 115 Å². The fraction of sp³-hybridized carbons (Fsp3) is 0.500. The van der Waals surface area contributed by atoms with Crippen LogP contribution in [0.15, 0.2) is 0 Å². The van der Waals surface area contributed by atoms with E-state index in [2.05, 4.69) is 0 Å². The van der Waals surface area contributed by atoms with E-state index in [1.807, 2.05) is 0 Å². The Balaban J connectivity index is 0. The predicted octanol–water partition coefficient (Wildman–Crippen LogP) is -1.18. The molecule has 0 rings (SSSR count). The summed E-state index contributed by atoms with van der Waals surface area (Å²) in [6.07, 6.45) is -0.593. The minimum atomic E-state index is -1.08. The molecule has 0 fully saturated rings. The summed E-state index contributed by atoms with van der Waals surface area (Å²) in [5.74, 6) is -2.15. The minimum absolute atomic E-state index is 0.188. The number of hydrogen-bond acceptors (Lipinski definition) is 4. The second-order valence-electron chi connectivity index (χ2n) is 1.35. The van der Waals surface area contributed by atoms with E-state index in [4.69, 9.17) is 18.6 Å². The molecule has 0 aliphatic heterocycles. The Kier molecular flexibility index (Phi) is 11.1. The van der Waals surface area contributed by atoms with Gasteiger partial charge in [0.1, 0.15) is 0 Å². The monoisotopic (exact) mass is 215 g/mol. The van der Waals surface area contributed by atoms with Crippen molar-refractivity contribution in [1.29, 1.82) is 0 Å². The SMILES string of the molecule is O=C(O)CCC(=O)O.[OH][Cu][OH]. The van der Waals surface area contributed by atoms with Gasteiger partial charge in [-0.05, 0) is 0 Å². The molecule has 0 saturated heterocycles. The maximum atomic E-state index is 9.64. The van der Waals surface area contributed by atoms with Gasteiger partial charge in [-0.2, -0.15) is 0 Å². The van der Waals surface area contributed by atoms with E-state index in [1.165, 1.54) is 0 Å². The molecule has 0 amide bonds.